The Labute approximate surface area is 154 Å². The number of imidazole rings is 1. The summed E-state index contributed by atoms with van der Waals surface area (Å²) in [7, 11) is 0. The number of amides is 1. The third-order valence-corrected chi connectivity index (χ3v) is 5.77. The second kappa shape index (κ2) is 8.56. The maximum absolute atomic E-state index is 12.4. The average molecular weight is 358 g/mol. The van der Waals surface area contributed by atoms with Gasteiger partial charge in [-0.25, -0.2) is 4.98 Å². The summed E-state index contributed by atoms with van der Waals surface area (Å²) >= 11 is 1.51. The van der Waals surface area contributed by atoms with Crippen molar-refractivity contribution in [2.75, 3.05) is 0 Å². The summed E-state index contributed by atoms with van der Waals surface area (Å²) in [4.78, 5) is 20.5. The fourth-order valence-electron chi connectivity index (χ4n) is 3.27. The SMILES string of the molecule is Cc1[nH]c(S[C@@H](C)C(=O)NC2CCCCC2)nc1Cc1ccccc1. The van der Waals surface area contributed by atoms with Gasteiger partial charge in [-0.3, -0.25) is 4.79 Å². The second-order valence-electron chi connectivity index (χ2n) is 6.88. The molecule has 2 N–H and O–H groups in total. The molecule has 1 amide bonds. The van der Waals surface area contributed by atoms with Gasteiger partial charge < -0.3 is 10.3 Å². The number of thioether (sulfide) groups is 1. The second-order valence-corrected chi connectivity index (χ2v) is 8.21. The number of H-pyrrole nitrogens is 1. The standard InChI is InChI=1S/C20H27N3OS/c1-14-18(13-16-9-5-3-6-10-16)23-20(21-14)25-15(2)19(24)22-17-11-7-4-8-12-17/h3,5-6,9-10,15,17H,4,7-8,11-13H2,1-2H3,(H,21,23)(H,22,24)/t15-/m0/s1. The molecule has 1 aromatic heterocycles. The Kier molecular flexibility index (Phi) is 6.19. The van der Waals surface area contributed by atoms with E-state index in [0.29, 0.717) is 6.04 Å². The molecule has 1 saturated carbocycles. The van der Waals surface area contributed by atoms with E-state index < -0.39 is 0 Å². The van der Waals surface area contributed by atoms with Crippen molar-refractivity contribution in [2.45, 2.75) is 68.8 Å². The van der Waals surface area contributed by atoms with Crippen molar-refractivity contribution in [2.24, 2.45) is 0 Å². The molecule has 1 fully saturated rings. The van der Waals surface area contributed by atoms with Crippen molar-refractivity contribution >= 4 is 17.7 Å². The maximum atomic E-state index is 12.4. The first-order valence-electron chi connectivity index (χ1n) is 9.18. The summed E-state index contributed by atoms with van der Waals surface area (Å²) in [6.07, 6.45) is 6.80. The summed E-state index contributed by atoms with van der Waals surface area (Å²) in [5.41, 5.74) is 3.37. The van der Waals surface area contributed by atoms with Crippen molar-refractivity contribution < 1.29 is 4.79 Å². The average Bonchev–Trinajstić information content (AvgIpc) is 2.95. The normalized spacial score (nSPS) is 16.6. The highest BCUT2D eigenvalue weighted by molar-refractivity contribution is 8.00. The van der Waals surface area contributed by atoms with E-state index >= 15 is 0 Å². The van der Waals surface area contributed by atoms with Crippen LogP contribution in [0.15, 0.2) is 35.5 Å². The number of carbonyl (C=O) groups excluding carboxylic acids is 1. The number of rotatable bonds is 6. The number of benzene rings is 1. The van der Waals surface area contributed by atoms with Crippen LogP contribution in [-0.2, 0) is 11.2 Å². The minimum Gasteiger partial charge on any atom is -0.352 e. The van der Waals surface area contributed by atoms with E-state index in [9.17, 15) is 4.79 Å². The van der Waals surface area contributed by atoms with Gasteiger partial charge in [-0.2, -0.15) is 0 Å². The molecule has 1 heterocycles. The lowest BCUT2D eigenvalue weighted by atomic mass is 9.95. The van der Waals surface area contributed by atoms with Gasteiger partial charge >= 0.3 is 0 Å². The first-order valence-corrected chi connectivity index (χ1v) is 10.1. The van der Waals surface area contributed by atoms with E-state index in [4.69, 9.17) is 4.98 Å². The molecule has 0 bridgehead atoms. The van der Waals surface area contributed by atoms with Crippen molar-refractivity contribution in [3.8, 4) is 0 Å². The van der Waals surface area contributed by atoms with Crippen molar-refractivity contribution in [3.05, 3.63) is 47.3 Å². The Hall–Kier alpha value is -1.75. The molecule has 0 aliphatic heterocycles. The van der Waals surface area contributed by atoms with E-state index in [0.717, 1.165) is 35.8 Å². The van der Waals surface area contributed by atoms with Gasteiger partial charge in [0.15, 0.2) is 5.16 Å². The molecule has 25 heavy (non-hydrogen) atoms. The Morgan fingerprint density at radius 2 is 2.00 bits per heavy atom. The monoisotopic (exact) mass is 357 g/mol. The van der Waals surface area contributed by atoms with Crippen molar-refractivity contribution in [1.82, 2.24) is 15.3 Å². The molecular weight excluding hydrogens is 330 g/mol. The molecule has 3 rings (SSSR count). The van der Waals surface area contributed by atoms with Crippen molar-refractivity contribution in [1.29, 1.82) is 0 Å². The Morgan fingerprint density at radius 1 is 1.28 bits per heavy atom. The number of aromatic amines is 1. The Morgan fingerprint density at radius 3 is 2.72 bits per heavy atom. The van der Waals surface area contributed by atoms with Crippen LogP contribution in [0, 0.1) is 6.92 Å². The lowest BCUT2D eigenvalue weighted by molar-refractivity contribution is -0.121. The number of carbonyl (C=O) groups is 1. The van der Waals surface area contributed by atoms with Crippen LogP contribution in [0.1, 0.15) is 56.0 Å². The van der Waals surface area contributed by atoms with Crippen molar-refractivity contribution in [3.63, 3.8) is 0 Å². The van der Waals surface area contributed by atoms with Gasteiger partial charge in [0.1, 0.15) is 0 Å². The molecule has 0 spiro atoms. The molecule has 5 heteroatoms. The van der Waals surface area contributed by atoms with Gasteiger partial charge in [0.05, 0.1) is 10.9 Å². The van der Waals surface area contributed by atoms with Gasteiger partial charge in [-0.1, -0.05) is 61.4 Å². The first-order chi connectivity index (χ1) is 12.1. The van der Waals surface area contributed by atoms with Crippen LogP contribution in [0.4, 0.5) is 0 Å². The molecule has 2 aromatic rings. The third-order valence-electron chi connectivity index (χ3n) is 4.79. The first kappa shape index (κ1) is 18.1. The van der Waals surface area contributed by atoms with Gasteiger partial charge in [-0.15, -0.1) is 0 Å². The highest BCUT2D eigenvalue weighted by Crippen LogP contribution is 2.24. The minimum absolute atomic E-state index is 0.121. The Balaban J connectivity index is 1.56. The molecule has 0 radical (unpaired) electrons. The molecule has 4 nitrogen and oxygen atoms in total. The lowest BCUT2D eigenvalue weighted by Crippen LogP contribution is -2.40. The number of nitrogens with one attached hydrogen (secondary N) is 2. The summed E-state index contributed by atoms with van der Waals surface area (Å²) in [5, 5.41) is 3.89. The number of hydrogen-bond acceptors (Lipinski definition) is 3. The van der Waals surface area contributed by atoms with Crippen LogP contribution in [0.5, 0.6) is 0 Å². The molecule has 0 saturated heterocycles. The molecule has 0 unspecified atom stereocenters. The van der Waals surface area contributed by atoms with Crippen LogP contribution in [-0.4, -0.2) is 27.2 Å². The zero-order chi connectivity index (χ0) is 17.6. The summed E-state index contributed by atoms with van der Waals surface area (Å²) in [6, 6.07) is 10.7. The predicted octanol–water partition coefficient (Wildman–Crippen LogP) is 4.24. The zero-order valence-corrected chi connectivity index (χ0v) is 15.9. The summed E-state index contributed by atoms with van der Waals surface area (Å²) < 4.78 is 0. The summed E-state index contributed by atoms with van der Waals surface area (Å²) in [6.45, 7) is 4.00. The molecule has 1 aliphatic carbocycles. The smallest absolute Gasteiger partial charge is 0.233 e. The van der Waals surface area contributed by atoms with Gasteiger partial charge in [0.2, 0.25) is 5.91 Å². The minimum atomic E-state index is -0.142. The molecule has 1 atom stereocenters. The number of nitrogens with zero attached hydrogens (tertiary/aromatic N) is 1. The quantitative estimate of drug-likeness (QED) is 0.760. The summed E-state index contributed by atoms with van der Waals surface area (Å²) in [5.74, 6) is 0.121. The van der Waals surface area contributed by atoms with E-state index in [1.54, 1.807) is 0 Å². The molecular formula is C20H27N3OS. The predicted molar refractivity (Wildman–Crippen MR) is 103 cm³/mol. The Bertz CT molecular complexity index is 692. The number of aromatic nitrogens is 2. The van der Waals surface area contributed by atoms with Crippen LogP contribution in [0.2, 0.25) is 0 Å². The fourth-order valence-corrected chi connectivity index (χ4v) is 4.16. The van der Waals surface area contributed by atoms with Crippen LogP contribution >= 0.6 is 11.8 Å². The molecule has 1 aliphatic rings. The fraction of sp³-hybridized carbons (Fsp3) is 0.500. The maximum Gasteiger partial charge on any atom is 0.233 e. The molecule has 1 aromatic carbocycles. The number of hydrogen-bond donors (Lipinski definition) is 2. The van der Waals surface area contributed by atoms with Crippen LogP contribution in [0.3, 0.4) is 0 Å². The van der Waals surface area contributed by atoms with E-state index in [-0.39, 0.29) is 11.2 Å². The van der Waals surface area contributed by atoms with Gasteiger partial charge in [0, 0.05) is 18.2 Å². The highest BCUT2D eigenvalue weighted by Gasteiger charge is 2.21. The van der Waals surface area contributed by atoms with Gasteiger partial charge in [-0.05, 0) is 32.3 Å². The topological polar surface area (TPSA) is 57.8 Å². The highest BCUT2D eigenvalue weighted by atomic mass is 32.2. The zero-order valence-electron chi connectivity index (χ0n) is 15.0. The lowest BCUT2D eigenvalue weighted by Gasteiger charge is -2.24. The van der Waals surface area contributed by atoms with E-state index in [1.807, 2.05) is 32.0 Å². The largest absolute Gasteiger partial charge is 0.352 e. The number of aryl methyl sites for hydroxylation is 1. The van der Waals surface area contributed by atoms with Crippen LogP contribution < -0.4 is 5.32 Å². The van der Waals surface area contributed by atoms with Crippen LogP contribution in [0.25, 0.3) is 0 Å². The third kappa shape index (κ3) is 5.11. The van der Waals surface area contributed by atoms with E-state index in [1.165, 1.54) is 36.6 Å². The van der Waals surface area contributed by atoms with Gasteiger partial charge in [0.25, 0.3) is 0 Å². The molecule has 134 valence electrons. The van der Waals surface area contributed by atoms with E-state index in [2.05, 4.69) is 22.4 Å².